The summed E-state index contributed by atoms with van der Waals surface area (Å²) in [7, 11) is -1.95. The number of allylic oxidation sites excluding steroid dienone is 1. The van der Waals surface area contributed by atoms with Crippen LogP contribution in [0.25, 0.3) is 0 Å². The zero-order valence-corrected chi connectivity index (χ0v) is 16.3. The topological polar surface area (TPSA) is 55.4 Å². The Morgan fingerprint density at radius 1 is 1.16 bits per heavy atom. The summed E-state index contributed by atoms with van der Waals surface area (Å²) in [5, 5.41) is 0. The molecule has 0 amide bonds. The van der Waals surface area contributed by atoms with Crippen molar-refractivity contribution >= 4 is 10.0 Å². The Labute approximate surface area is 152 Å². The van der Waals surface area contributed by atoms with E-state index in [1.165, 1.54) is 24.8 Å². The molecule has 2 rings (SSSR count). The molecule has 0 aliphatic heterocycles. The highest BCUT2D eigenvalue weighted by atomic mass is 32.2. The second kappa shape index (κ2) is 8.70. The van der Waals surface area contributed by atoms with Crippen LogP contribution in [0.15, 0.2) is 46.5 Å². The lowest BCUT2D eigenvalue weighted by Crippen LogP contribution is -2.33. The molecule has 0 saturated heterocycles. The summed E-state index contributed by atoms with van der Waals surface area (Å²) in [6.07, 6.45) is 9.03. The molecule has 5 heteroatoms. The lowest BCUT2D eigenvalue weighted by atomic mass is 9.89. The van der Waals surface area contributed by atoms with E-state index in [4.69, 9.17) is 4.74 Å². The zero-order chi connectivity index (χ0) is 18.3. The molecule has 1 aromatic rings. The van der Waals surface area contributed by atoms with Gasteiger partial charge in [0.1, 0.15) is 5.75 Å². The van der Waals surface area contributed by atoms with Crippen LogP contribution in [0.2, 0.25) is 0 Å². The van der Waals surface area contributed by atoms with Crippen molar-refractivity contribution in [3.05, 3.63) is 41.6 Å². The average molecular weight is 364 g/mol. The molecule has 0 spiro atoms. The van der Waals surface area contributed by atoms with Gasteiger partial charge in [-0.2, -0.15) is 0 Å². The predicted octanol–water partition coefficient (Wildman–Crippen LogP) is 4.44. The minimum atomic E-state index is -3.51. The maximum absolute atomic E-state index is 12.4. The van der Waals surface area contributed by atoms with Crippen LogP contribution >= 0.6 is 0 Å². The van der Waals surface area contributed by atoms with Gasteiger partial charge in [0, 0.05) is 6.54 Å². The molecule has 1 saturated carbocycles. The third-order valence-electron chi connectivity index (χ3n) is 4.53. The Hall–Kier alpha value is -1.55. The molecule has 0 unspecified atom stereocenters. The minimum absolute atomic E-state index is 0.165. The summed E-state index contributed by atoms with van der Waals surface area (Å²) >= 11 is 0. The molecule has 0 atom stereocenters. The fourth-order valence-corrected chi connectivity index (χ4v) is 4.04. The van der Waals surface area contributed by atoms with Gasteiger partial charge in [-0.1, -0.05) is 20.3 Å². The predicted molar refractivity (Wildman–Crippen MR) is 101 cm³/mol. The zero-order valence-electron chi connectivity index (χ0n) is 15.5. The lowest BCUT2D eigenvalue weighted by Gasteiger charge is -2.23. The van der Waals surface area contributed by atoms with E-state index in [-0.39, 0.29) is 10.3 Å². The molecular formula is C20H29NO3S. The van der Waals surface area contributed by atoms with E-state index in [2.05, 4.69) is 30.4 Å². The fourth-order valence-electron chi connectivity index (χ4n) is 2.80. The first-order valence-corrected chi connectivity index (χ1v) is 10.4. The van der Waals surface area contributed by atoms with Gasteiger partial charge in [-0.3, -0.25) is 0 Å². The SMILES string of the molecule is COc1ccc(S(=O)(=O)NCC(C)(C)CC=C=C2CCCCC2)cc1. The molecule has 138 valence electrons. The molecule has 0 heterocycles. The second-order valence-electron chi connectivity index (χ2n) is 7.38. The van der Waals surface area contributed by atoms with Gasteiger partial charge in [-0.15, -0.1) is 5.73 Å². The summed E-state index contributed by atoms with van der Waals surface area (Å²) in [5.41, 5.74) is 4.66. The Kier molecular flexibility index (Phi) is 6.88. The molecule has 1 aliphatic carbocycles. The van der Waals surface area contributed by atoms with Crippen LogP contribution in [0, 0.1) is 5.41 Å². The molecular weight excluding hydrogens is 334 g/mol. The maximum Gasteiger partial charge on any atom is 0.240 e. The highest BCUT2D eigenvalue weighted by Crippen LogP contribution is 2.24. The monoisotopic (exact) mass is 363 g/mol. The summed E-state index contributed by atoms with van der Waals surface area (Å²) < 4.78 is 32.6. The van der Waals surface area contributed by atoms with Crippen LogP contribution in [0.1, 0.15) is 52.4 Å². The number of benzene rings is 1. The van der Waals surface area contributed by atoms with E-state index in [1.54, 1.807) is 31.4 Å². The Balaban J connectivity index is 1.94. The van der Waals surface area contributed by atoms with Crippen LogP contribution in [0.3, 0.4) is 0 Å². The molecule has 1 aromatic carbocycles. The molecule has 0 radical (unpaired) electrons. The summed E-state index contributed by atoms with van der Waals surface area (Å²) in [6, 6.07) is 6.42. The number of nitrogens with one attached hydrogen (secondary N) is 1. The van der Waals surface area contributed by atoms with Gasteiger partial charge < -0.3 is 4.74 Å². The number of sulfonamides is 1. The minimum Gasteiger partial charge on any atom is -0.497 e. The quantitative estimate of drug-likeness (QED) is 0.729. The van der Waals surface area contributed by atoms with E-state index < -0.39 is 10.0 Å². The lowest BCUT2D eigenvalue weighted by molar-refractivity contribution is 0.368. The Morgan fingerprint density at radius 2 is 1.80 bits per heavy atom. The van der Waals surface area contributed by atoms with Crippen LogP contribution in [0.4, 0.5) is 0 Å². The van der Waals surface area contributed by atoms with Gasteiger partial charge in [0.25, 0.3) is 0 Å². The van der Waals surface area contributed by atoms with E-state index in [1.807, 2.05) is 0 Å². The largest absolute Gasteiger partial charge is 0.497 e. The number of methoxy groups -OCH3 is 1. The first-order valence-electron chi connectivity index (χ1n) is 8.89. The first kappa shape index (κ1) is 19.8. The Bertz CT molecular complexity index is 719. The number of hydrogen-bond acceptors (Lipinski definition) is 3. The highest BCUT2D eigenvalue weighted by molar-refractivity contribution is 7.89. The smallest absolute Gasteiger partial charge is 0.240 e. The van der Waals surface area contributed by atoms with Crippen molar-refractivity contribution < 1.29 is 13.2 Å². The van der Waals surface area contributed by atoms with Gasteiger partial charge in [0.05, 0.1) is 12.0 Å². The van der Waals surface area contributed by atoms with Gasteiger partial charge >= 0.3 is 0 Å². The van der Waals surface area contributed by atoms with Crippen molar-refractivity contribution in [3.8, 4) is 5.75 Å². The molecule has 4 nitrogen and oxygen atoms in total. The van der Waals surface area contributed by atoms with Crippen molar-refractivity contribution in [2.75, 3.05) is 13.7 Å². The fraction of sp³-hybridized carbons (Fsp3) is 0.550. The third kappa shape index (κ3) is 6.35. The maximum atomic E-state index is 12.4. The molecule has 1 N–H and O–H groups in total. The van der Waals surface area contributed by atoms with Crippen molar-refractivity contribution in [1.82, 2.24) is 4.72 Å². The van der Waals surface area contributed by atoms with Crippen molar-refractivity contribution in [3.63, 3.8) is 0 Å². The molecule has 25 heavy (non-hydrogen) atoms. The van der Waals surface area contributed by atoms with Crippen molar-refractivity contribution in [2.45, 2.75) is 57.3 Å². The number of rotatable bonds is 7. The first-order chi connectivity index (χ1) is 11.8. The molecule has 1 aliphatic rings. The average Bonchev–Trinajstić information content (AvgIpc) is 2.61. The van der Waals surface area contributed by atoms with Crippen LogP contribution in [-0.2, 0) is 10.0 Å². The van der Waals surface area contributed by atoms with Crippen LogP contribution in [-0.4, -0.2) is 22.1 Å². The molecule has 1 fully saturated rings. The summed E-state index contributed by atoms with van der Waals surface area (Å²) in [6.45, 7) is 4.51. The molecule has 0 aromatic heterocycles. The standard InChI is InChI=1S/C20H29NO3S/c1-20(2,15-7-10-17-8-5-4-6-9-17)16-21-25(22,23)19-13-11-18(24-3)12-14-19/h7,11-14,21H,4-6,8-9,15-16H2,1-3H3. The van der Waals surface area contributed by atoms with E-state index in [0.29, 0.717) is 12.3 Å². The van der Waals surface area contributed by atoms with E-state index >= 15 is 0 Å². The van der Waals surface area contributed by atoms with E-state index in [0.717, 1.165) is 19.3 Å². The van der Waals surface area contributed by atoms with Crippen molar-refractivity contribution in [2.24, 2.45) is 5.41 Å². The van der Waals surface area contributed by atoms with E-state index in [9.17, 15) is 8.42 Å². The summed E-state index contributed by atoms with van der Waals surface area (Å²) in [4.78, 5) is 0.254. The number of ether oxygens (including phenoxy) is 1. The summed E-state index contributed by atoms with van der Waals surface area (Å²) in [5.74, 6) is 0.639. The van der Waals surface area contributed by atoms with Crippen molar-refractivity contribution in [1.29, 1.82) is 0 Å². The normalized spacial score (nSPS) is 15.6. The second-order valence-corrected chi connectivity index (χ2v) is 9.15. The number of hydrogen-bond donors (Lipinski definition) is 1. The Morgan fingerprint density at radius 3 is 2.40 bits per heavy atom. The van der Waals surface area contributed by atoms with Crippen LogP contribution in [0.5, 0.6) is 5.75 Å². The van der Waals surface area contributed by atoms with Crippen LogP contribution < -0.4 is 9.46 Å². The highest BCUT2D eigenvalue weighted by Gasteiger charge is 2.21. The van der Waals surface area contributed by atoms with Gasteiger partial charge in [-0.25, -0.2) is 13.1 Å². The van der Waals surface area contributed by atoms with Gasteiger partial charge in [0.15, 0.2) is 0 Å². The van der Waals surface area contributed by atoms with Gasteiger partial charge in [0.2, 0.25) is 10.0 Å². The van der Waals surface area contributed by atoms with Gasteiger partial charge in [-0.05, 0) is 73.4 Å². The molecule has 0 bridgehead atoms. The third-order valence-corrected chi connectivity index (χ3v) is 5.95.